The van der Waals surface area contributed by atoms with Crippen LogP contribution in [0.2, 0.25) is 0 Å². The molecule has 1 aliphatic rings. The lowest BCUT2D eigenvalue weighted by molar-refractivity contribution is 0.0696. The minimum absolute atomic E-state index is 0.166. The number of Topliss-reactive ketones (excluding diaryl/α,β-unsaturated/α-hetero) is 1. The van der Waals surface area contributed by atoms with Crippen molar-refractivity contribution in [2.75, 3.05) is 5.75 Å². The lowest BCUT2D eigenvalue weighted by atomic mass is 10.1. The molecule has 0 spiro atoms. The van der Waals surface area contributed by atoms with Crippen LogP contribution in [-0.4, -0.2) is 22.6 Å². The number of rotatable bonds is 7. The second-order valence-corrected chi connectivity index (χ2v) is 7.16. The number of hydrogen-bond acceptors (Lipinski definition) is 4. The summed E-state index contributed by atoms with van der Waals surface area (Å²) < 4.78 is 5.96. The van der Waals surface area contributed by atoms with Gasteiger partial charge in [-0.3, -0.25) is 4.79 Å². The number of carboxylic acids is 1. The number of carbonyl (C=O) groups excluding carboxylic acids is 1. The molecule has 0 radical (unpaired) electrons. The first-order valence-corrected chi connectivity index (χ1v) is 9.35. The van der Waals surface area contributed by atoms with E-state index in [1.807, 2.05) is 12.1 Å². The van der Waals surface area contributed by atoms with E-state index in [2.05, 4.69) is 13.0 Å². The highest BCUT2D eigenvalue weighted by Crippen LogP contribution is 2.36. The maximum absolute atomic E-state index is 12.0. The number of hydrogen-bond donors (Lipinski definition) is 1. The van der Waals surface area contributed by atoms with Crippen LogP contribution in [0, 0.1) is 0 Å². The van der Waals surface area contributed by atoms with E-state index in [0.717, 1.165) is 40.2 Å². The summed E-state index contributed by atoms with van der Waals surface area (Å²) in [6.07, 6.45) is 2.42. The number of benzene rings is 2. The largest absolute Gasteiger partial charge is 0.488 e. The molecule has 1 aliphatic carbocycles. The van der Waals surface area contributed by atoms with Crippen molar-refractivity contribution >= 4 is 23.5 Å². The van der Waals surface area contributed by atoms with Gasteiger partial charge in [0.2, 0.25) is 0 Å². The van der Waals surface area contributed by atoms with Crippen LogP contribution in [0.25, 0.3) is 0 Å². The molecule has 25 heavy (non-hydrogen) atoms. The van der Waals surface area contributed by atoms with Crippen molar-refractivity contribution in [2.24, 2.45) is 0 Å². The topological polar surface area (TPSA) is 63.6 Å². The molecule has 4 nitrogen and oxygen atoms in total. The van der Waals surface area contributed by atoms with Gasteiger partial charge in [0.25, 0.3) is 0 Å². The first-order valence-electron chi connectivity index (χ1n) is 8.36. The highest BCUT2D eigenvalue weighted by atomic mass is 32.2. The number of carboxylic acid groups (broad SMARTS) is 1. The summed E-state index contributed by atoms with van der Waals surface area (Å²) in [5.74, 6) is 0.898. The van der Waals surface area contributed by atoms with Gasteiger partial charge in [0.1, 0.15) is 12.4 Å². The Balaban J connectivity index is 1.83. The molecule has 0 bridgehead atoms. The third kappa shape index (κ3) is 4.04. The maximum atomic E-state index is 12.0. The summed E-state index contributed by atoms with van der Waals surface area (Å²) in [5.41, 5.74) is 2.89. The van der Waals surface area contributed by atoms with Crippen molar-refractivity contribution in [1.82, 2.24) is 0 Å². The van der Waals surface area contributed by atoms with Gasteiger partial charge < -0.3 is 9.84 Å². The molecule has 1 N–H and O–H groups in total. The molecule has 0 amide bonds. The Kier molecular flexibility index (Phi) is 5.43. The normalized spacial score (nSPS) is 12.9. The van der Waals surface area contributed by atoms with Gasteiger partial charge in [-0.2, -0.15) is 0 Å². The second-order valence-electron chi connectivity index (χ2n) is 6.02. The number of aryl methyl sites for hydroxylation is 1. The molecule has 5 heteroatoms. The van der Waals surface area contributed by atoms with Gasteiger partial charge in [0.15, 0.2) is 5.78 Å². The third-order valence-corrected chi connectivity index (χ3v) is 5.36. The van der Waals surface area contributed by atoms with Gasteiger partial charge in [0, 0.05) is 16.9 Å². The standard InChI is InChI=1S/C20H20O4S/c1-2-8-25-19-10-14-6-7-17(21)16(14)11-18(19)24-12-13-4-3-5-15(9-13)20(22)23/h3-5,9-11H,2,6-8,12H2,1H3,(H,22,23). The van der Waals surface area contributed by atoms with E-state index in [1.165, 1.54) is 0 Å². The molecule has 0 saturated heterocycles. The lowest BCUT2D eigenvalue weighted by Crippen LogP contribution is -2.02. The van der Waals surface area contributed by atoms with Crippen molar-refractivity contribution in [1.29, 1.82) is 0 Å². The zero-order chi connectivity index (χ0) is 17.8. The second kappa shape index (κ2) is 7.74. The van der Waals surface area contributed by atoms with Crippen molar-refractivity contribution in [3.8, 4) is 5.75 Å². The molecule has 3 rings (SSSR count). The average Bonchev–Trinajstić information content (AvgIpc) is 2.98. The highest BCUT2D eigenvalue weighted by molar-refractivity contribution is 7.99. The monoisotopic (exact) mass is 356 g/mol. The van der Waals surface area contributed by atoms with Gasteiger partial charge in [0.05, 0.1) is 5.56 Å². The summed E-state index contributed by atoms with van der Waals surface area (Å²) in [4.78, 5) is 24.1. The van der Waals surface area contributed by atoms with Gasteiger partial charge in [-0.25, -0.2) is 4.79 Å². The van der Waals surface area contributed by atoms with Gasteiger partial charge >= 0.3 is 5.97 Å². The molecule has 0 unspecified atom stereocenters. The zero-order valence-electron chi connectivity index (χ0n) is 14.1. The van der Waals surface area contributed by atoms with Gasteiger partial charge in [-0.15, -0.1) is 11.8 Å². The molecule has 2 aromatic rings. The average molecular weight is 356 g/mol. The Morgan fingerprint density at radius 1 is 1.24 bits per heavy atom. The first kappa shape index (κ1) is 17.5. The number of aromatic carboxylic acids is 1. The summed E-state index contributed by atoms with van der Waals surface area (Å²) in [6.45, 7) is 2.40. The number of ether oxygens (including phenoxy) is 1. The Labute approximate surface area is 151 Å². The summed E-state index contributed by atoms with van der Waals surface area (Å²) in [6, 6.07) is 10.6. The lowest BCUT2D eigenvalue weighted by Gasteiger charge is -2.13. The molecule has 2 aromatic carbocycles. The van der Waals surface area contributed by atoms with Gasteiger partial charge in [-0.05, 0) is 54.0 Å². The van der Waals surface area contributed by atoms with E-state index in [9.17, 15) is 9.59 Å². The summed E-state index contributed by atoms with van der Waals surface area (Å²) >= 11 is 1.73. The van der Waals surface area contributed by atoms with Crippen LogP contribution in [0.4, 0.5) is 0 Å². The first-order chi connectivity index (χ1) is 12.1. The maximum Gasteiger partial charge on any atom is 0.335 e. The van der Waals surface area contributed by atoms with Crippen LogP contribution >= 0.6 is 11.8 Å². The molecule has 0 fully saturated rings. The van der Waals surface area contributed by atoms with E-state index in [0.29, 0.717) is 12.2 Å². The molecule has 0 heterocycles. The van der Waals surface area contributed by atoms with Crippen molar-refractivity contribution < 1.29 is 19.4 Å². The number of carbonyl (C=O) groups is 2. The molecule has 0 aromatic heterocycles. The number of thioether (sulfide) groups is 1. The molecule has 0 aliphatic heterocycles. The Morgan fingerprint density at radius 2 is 2.08 bits per heavy atom. The zero-order valence-corrected chi connectivity index (χ0v) is 14.9. The van der Waals surface area contributed by atoms with Crippen LogP contribution in [0.5, 0.6) is 5.75 Å². The fraction of sp³-hybridized carbons (Fsp3) is 0.300. The molecule has 0 saturated carbocycles. The Morgan fingerprint density at radius 3 is 2.84 bits per heavy atom. The fourth-order valence-electron chi connectivity index (χ4n) is 2.84. The van der Waals surface area contributed by atoms with E-state index in [-0.39, 0.29) is 18.0 Å². The van der Waals surface area contributed by atoms with Crippen LogP contribution in [-0.2, 0) is 13.0 Å². The molecular formula is C20H20O4S. The van der Waals surface area contributed by atoms with Crippen LogP contribution in [0.1, 0.15) is 51.6 Å². The van der Waals surface area contributed by atoms with E-state index < -0.39 is 5.97 Å². The smallest absolute Gasteiger partial charge is 0.335 e. The predicted molar refractivity (Wildman–Crippen MR) is 97.8 cm³/mol. The minimum Gasteiger partial charge on any atom is -0.488 e. The van der Waals surface area contributed by atoms with Crippen LogP contribution in [0.3, 0.4) is 0 Å². The van der Waals surface area contributed by atoms with Crippen LogP contribution < -0.4 is 4.74 Å². The third-order valence-electron chi connectivity index (χ3n) is 4.12. The molecule has 0 atom stereocenters. The van der Waals surface area contributed by atoms with E-state index in [4.69, 9.17) is 9.84 Å². The fourth-order valence-corrected chi connectivity index (χ4v) is 3.75. The minimum atomic E-state index is -0.954. The van der Waals surface area contributed by atoms with E-state index >= 15 is 0 Å². The SMILES string of the molecule is CCCSc1cc2c(cc1OCc1cccc(C(=O)O)c1)C(=O)CC2. The highest BCUT2D eigenvalue weighted by Gasteiger charge is 2.22. The van der Waals surface area contributed by atoms with Crippen LogP contribution in [0.15, 0.2) is 41.3 Å². The number of fused-ring (bicyclic) bond motifs is 1. The van der Waals surface area contributed by atoms with E-state index in [1.54, 1.807) is 30.0 Å². The number of ketones is 1. The van der Waals surface area contributed by atoms with Crippen molar-refractivity contribution in [2.45, 2.75) is 37.7 Å². The Hall–Kier alpha value is -2.27. The molecule has 130 valence electrons. The predicted octanol–water partition coefficient (Wildman–Crippen LogP) is 4.59. The quantitative estimate of drug-likeness (QED) is 0.735. The molecular weight excluding hydrogens is 336 g/mol. The van der Waals surface area contributed by atoms with Crippen molar-refractivity contribution in [3.05, 3.63) is 58.7 Å². The Bertz CT molecular complexity index is 813. The van der Waals surface area contributed by atoms with Gasteiger partial charge in [-0.1, -0.05) is 19.1 Å². The van der Waals surface area contributed by atoms with Crippen molar-refractivity contribution in [3.63, 3.8) is 0 Å². The summed E-state index contributed by atoms with van der Waals surface area (Å²) in [7, 11) is 0. The summed E-state index contributed by atoms with van der Waals surface area (Å²) in [5, 5.41) is 9.09.